The molecule has 0 spiro atoms. The van der Waals surface area contributed by atoms with Crippen LogP contribution in [-0.2, 0) is 9.05 Å². The van der Waals surface area contributed by atoms with Gasteiger partial charge < -0.3 is 0 Å². The molecule has 1 aromatic rings. The molecule has 0 unspecified atom stereocenters. The zero-order valence-electron chi connectivity index (χ0n) is 15.8. The summed E-state index contributed by atoms with van der Waals surface area (Å²) in [6.07, 6.45) is 3.44. The minimum atomic E-state index is -2.05. The van der Waals surface area contributed by atoms with Crippen molar-refractivity contribution in [2.45, 2.75) is 27.7 Å². The molecule has 1 rings (SSSR count). The Hall–Kier alpha value is -0.980. The number of carbonyl (C=O) groups excluding carboxylic acids is 2. The van der Waals surface area contributed by atoms with Gasteiger partial charge in [-0.3, -0.25) is 0 Å². The van der Waals surface area contributed by atoms with E-state index in [4.69, 9.17) is 9.05 Å². The second-order valence-corrected chi connectivity index (χ2v) is 15.7. The SMILES string of the molecule is CC[PH](C)(CC)OC(=O)c1ccccc1C(=O)O[PH](C)(CC)CC. The third kappa shape index (κ3) is 5.26. The van der Waals surface area contributed by atoms with Crippen LogP contribution in [0, 0.1) is 0 Å². The monoisotopic (exact) mass is 374 g/mol. The second kappa shape index (κ2) is 8.92. The van der Waals surface area contributed by atoms with E-state index >= 15 is 0 Å². The van der Waals surface area contributed by atoms with Crippen molar-refractivity contribution < 1.29 is 18.6 Å². The fourth-order valence-corrected chi connectivity index (χ4v) is 4.88. The fraction of sp³-hybridized carbons (Fsp3) is 0.556. The van der Waals surface area contributed by atoms with Crippen LogP contribution in [0.1, 0.15) is 48.4 Å². The molecule has 1 aromatic carbocycles. The normalized spacial score (nSPS) is 13.2. The van der Waals surface area contributed by atoms with Gasteiger partial charge in [0.2, 0.25) is 0 Å². The van der Waals surface area contributed by atoms with Gasteiger partial charge in [0.25, 0.3) is 0 Å². The minimum absolute atomic E-state index is 0.312. The van der Waals surface area contributed by atoms with E-state index in [0.29, 0.717) is 11.1 Å². The van der Waals surface area contributed by atoms with E-state index in [1.807, 2.05) is 41.0 Å². The van der Waals surface area contributed by atoms with E-state index in [1.54, 1.807) is 24.3 Å². The molecule has 0 bridgehead atoms. The van der Waals surface area contributed by atoms with Crippen LogP contribution in [0.25, 0.3) is 0 Å². The summed E-state index contributed by atoms with van der Waals surface area (Å²) in [4.78, 5) is 25.2. The Morgan fingerprint density at radius 2 is 1.04 bits per heavy atom. The Kier molecular flexibility index (Phi) is 7.83. The van der Waals surface area contributed by atoms with Crippen molar-refractivity contribution in [2.75, 3.05) is 38.0 Å². The first-order valence-corrected chi connectivity index (χ1v) is 14.4. The molecule has 0 aromatic heterocycles. The van der Waals surface area contributed by atoms with Gasteiger partial charge in [0.1, 0.15) is 0 Å². The summed E-state index contributed by atoms with van der Waals surface area (Å²) in [5.41, 5.74) is 0.623. The van der Waals surface area contributed by atoms with E-state index in [2.05, 4.69) is 0 Å². The first-order chi connectivity index (χ1) is 11.2. The molecule has 0 fully saturated rings. The number of carbonyl (C=O) groups is 2. The Bertz CT molecular complexity index is 527. The van der Waals surface area contributed by atoms with E-state index in [-0.39, 0.29) is 0 Å². The Morgan fingerprint density at radius 3 is 1.29 bits per heavy atom. The van der Waals surface area contributed by atoms with Gasteiger partial charge in [0, 0.05) is 0 Å². The zero-order valence-corrected chi connectivity index (χ0v) is 17.8. The molecule has 0 heterocycles. The molecule has 0 amide bonds. The molecular formula is C18H32O4P2. The third-order valence-corrected chi connectivity index (χ3v) is 12.4. The van der Waals surface area contributed by atoms with Crippen LogP contribution in [0.5, 0.6) is 0 Å². The molecule has 0 N–H and O–H groups in total. The Morgan fingerprint density at radius 1 is 0.750 bits per heavy atom. The summed E-state index contributed by atoms with van der Waals surface area (Å²) >= 11 is 0. The van der Waals surface area contributed by atoms with E-state index in [1.165, 1.54) is 0 Å². The molecule has 0 saturated carbocycles. The van der Waals surface area contributed by atoms with E-state index in [0.717, 1.165) is 24.6 Å². The van der Waals surface area contributed by atoms with Crippen LogP contribution < -0.4 is 0 Å². The van der Waals surface area contributed by atoms with Gasteiger partial charge in [0.15, 0.2) is 0 Å². The number of hydrogen-bond acceptors (Lipinski definition) is 4. The van der Waals surface area contributed by atoms with Crippen molar-refractivity contribution in [2.24, 2.45) is 0 Å². The molecule has 4 nitrogen and oxygen atoms in total. The van der Waals surface area contributed by atoms with Gasteiger partial charge in [-0.05, 0) is 0 Å². The summed E-state index contributed by atoms with van der Waals surface area (Å²) in [6, 6.07) is 6.80. The summed E-state index contributed by atoms with van der Waals surface area (Å²) in [7, 11) is -4.11. The third-order valence-electron chi connectivity index (χ3n) is 5.04. The molecule has 0 aliphatic rings. The van der Waals surface area contributed by atoms with Crippen LogP contribution in [0.3, 0.4) is 0 Å². The molecule has 6 heteroatoms. The Labute approximate surface area is 147 Å². The molecule has 0 radical (unpaired) electrons. The van der Waals surface area contributed by atoms with Gasteiger partial charge in [-0.1, -0.05) is 0 Å². The second-order valence-electron chi connectivity index (χ2n) is 6.64. The van der Waals surface area contributed by atoms with Gasteiger partial charge >= 0.3 is 147 Å². The number of rotatable bonds is 8. The summed E-state index contributed by atoms with van der Waals surface area (Å²) < 4.78 is 11.6. The predicted octanol–water partition coefficient (Wildman–Crippen LogP) is 4.67. The fourth-order valence-electron chi connectivity index (χ4n) is 2.19. The molecule has 0 aliphatic heterocycles. The van der Waals surface area contributed by atoms with Crippen molar-refractivity contribution in [3.8, 4) is 0 Å². The summed E-state index contributed by atoms with van der Waals surface area (Å²) in [6.45, 7) is 12.3. The van der Waals surface area contributed by atoms with Crippen molar-refractivity contribution in [3.05, 3.63) is 35.4 Å². The van der Waals surface area contributed by atoms with Gasteiger partial charge in [-0.25, -0.2) is 0 Å². The van der Waals surface area contributed by atoms with Crippen LogP contribution in [0.4, 0.5) is 0 Å². The number of hydrogen-bond donors (Lipinski definition) is 0. The molecule has 0 saturated heterocycles. The standard InChI is InChI=1S/C18H32O4P2/c1-7-23(5,8-2)21-17(19)15-13-11-12-14-16(15)18(20)22-24(6,9-3)10-4/h11-14,23-24H,7-10H2,1-6H3. The van der Waals surface area contributed by atoms with Crippen LogP contribution in [0.15, 0.2) is 24.3 Å². The van der Waals surface area contributed by atoms with Crippen molar-refractivity contribution >= 4 is 26.9 Å². The van der Waals surface area contributed by atoms with Crippen LogP contribution >= 0.6 is 15.0 Å². The average molecular weight is 374 g/mol. The Balaban J connectivity index is 3.08. The van der Waals surface area contributed by atoms with Crippen molar-refractivity contribution in [1.82, 2.24) is 0 Å². The van der Waals surface area contributed by atoms with E-state index < -0.39 is 26.9 Å². The van der Waals surface area contributed by atoms with Gasteiger partial charge in [-0.2, -0.15) is 0 Å². The molecule has 24 heavy (non-hydrogen) atoms. The van der Waals surface area contributed by atoms with E-state index in [9.17, 15) is 9.59 Å². The van der Waals surface area contributed by atoms with Gasteiger partial charge in [-0.15, -0.1) is 0 Å². The summed E-state index contributed by atoms with van der Waals surface area (Å²) in [5, 5.41) is 0. The maximum absolute atomic E-state index is 12.6. The van der Waals surface area contributed by atoms with Crippen LogP contribution in [-0.4, -0.2) is 49.9 Å². The predicted molar refractivity (Wildman–Crippen MR) is 108 cm³/mol. The molecule has 0 atom stereocenters. The zero-order chi connectivity index (χ0) is 18.4. The van der Waals surface area contributed by atoms with Crippen molar-refractivity contribution in [1.29, 1.82) is 0 Å². The quantitative estimate of drug-likeness (QED) is 0.621. The first kappa shape index (κ1) is 21.1. The first-order valence-electron chi connectivity index (χ1n) is 8.79. The topological polar surface area (TPSA) is 52.6 Å². The van der Waals surface area contributed by atoms with Gasteiger partial charge in [0.05, 0.1) is 0 Å². The molecular weight excluding hydrogens is 342 g/mol. The summed E-state index contributed by atoms with van der Waals surface area (Å²) in [5.74, 6) is -0.812. The average Bonchev–Trinajstić information content (AvgIpc) is 2.61. The molecule has 0 aliphatic carbocycles. The van der Waals surface area contributed by atoms with Crippen LogP contribution in [0.2, 0.25) is 0 Å². The number of benzene rings is 1. The van der Waals surface area contributed by atoms with Crippen molar-refractivity contribution in [3.63, 3.8) is 0 Å². The molecule has 138 valence electrons. The maximum atomic E-state index is 12.6.